The smallest absolute Gasteiger partial charge is 0.135 e. The molecule has 0 N–H and O–H groups in total. The van der Waals surface area contributed by atoms with Crippen LogP contribution in [-0.2, 0) is 6.54 Å². The van der Waals surface area contributed by atoms with Crippen molar-refractivity contribution in [1.29, 1.82) is 0 Å². The largest absolute Gasteiger partial charge is 0.492 e. The first-order valence-electron chi connectivity index (χ1n) is 8.14. The quantitative estimate of drug-likeness (QED) is 0.822. The monoisotopic (exact) mass is 300 g/mol. The number of para-hydroxylation sites is 1. The lowest BCUT2D eigenvalue weighted by atomic mass is 9.96. The zero-order valence-electron chi connectivity index (χ0n) is 13.2. The zero-order chi connectivity index (χ0) is 15.2. The summed E-state index contributed by atoms with van der Waals surface area (Å²) in [5.74, 6) is 2.66. The molecule has 0 saturated carbocycles. The molecule has 1 aromatic carbocycles. The molecule has 1 aromatic heterocycles. The fraction of sp³-hybridized carbons (Fsp3) is 0.529. The average molecular weight is 300 g/mol. The van der Waals surface area contributed by atoms with Crippen LogP contribution in [-0.4, -0.2) is 45.9 Å². The van der Waals surface area contributed by atoms with Gasteiger partial charge in [-0.3, -0.25) is 4.90 Å². The van der Waals surface area contributed by atoms with E-state index >= 15 is 0 Å². The second kappa shape index (κ2) is 7.40. The lowest BCUT2D eigenvalue weighted by Gasteiger charge is -2.31. The molecule has 1 fully saturated rings. The molecule has 0 radical (unpaired) electrons. The molecular weight excluding hydrogens is 276 g/mol. The van der Waals surface area contributed by atoms with Gasteiger partial charge in [0.15, 0.2) is 0 Å². The highest BCUT2D eigenvalue weighted by Gasteiger charge is 2.23. The molecule has 5 nitrogen and oxygen atoms in total. The first kappa shape index (κ1) is 15.0. The molecule has 0 amide bonds. The number of hydrogen-bond acceptors (Lipinski definition) is 4. The van der Waals surface area contributed by atoms with Crippen LogP contribution in [0.3, 0.4) is 0 Å². The molecular formula is C17H24N4O. The van der Waals surface area contributed by atoms with E-state index < -0.39 is 0 Å². The summed E-state index contributed by atoms with van der Waals surface area (Å²) in [4.78, 5) is 2.48. The highest BCUT2D eigenvalue weighted by Crippen LogP contribution is 2.26. The van der Waals surface area contributed by atoms with Gasteiger partial charge in [-0.05, 0) is 45.0 Å². The normalized spacial score (nSPS) is 16.8. The molecule has 2 heterocycles. The second-order valence-corrected chi connectivity index (χ2v) is 5.75. The number of benzene rings is 1. The second-order valence-electron chi connectivity index (χ2n) is 5.75. The molecule has 0 atom stereocenters. The minimum absolute atomic E-state index is 0.550. The fourth-order valence-corrected chi connectivity index (χ4v) is 3.05. The Morgan fingerprint density at radius 2 is 1.95 bits per heavy atom. The zero-order valence-corrected chi connectivity index (χ0v) is 13.2. The van der Waals surface area contributed by atoms with E-state index in [9.17, 15) is 0 Å². The van der Waals surface area contributed by atoms with E-state index in [2.05, 4.69) is 26.6 Å². The van der Waals surface area contributed by atoms with Gasteiger partial charge in [-0.25, -0.2) is 0 Å². The molecule has 1 aliphatic rings. The van der Waals surface area contributed by atoms with Gasteiger partial charge < -0.3 is 9.30 Å². The van der Waals surface area contributed by atoms with Crippen molar-refractivity contribution >= 4 is 0 Å². The predicted molar refractivity (Wildman–Crippen MR) is 86.0 cm³/mol. The average Bonchev–Trinajstić information content (AvgIpc) is 3.05. The molecule has 5 heteroatoms. The Morgan fingerprint density at radius 3 is 2.68 bits per heavy atom. The molecule has 0 aliphatic carbocycles. The van der Waals surface area contributed by atoms with Gasteiger partial charge in [-0.1, -0.05) is 18.2 Å². The fourth-order valence-electron chi connectivity index (χ4n) is 3.05. The molecule has 0 spiro atoms. The van der Waals surface area contributed by atoms with Crippen LogP contribution in [0.25, 0.3) is 0 Å². The van der Waals surface area contributed by atoms with Crippen molar-refractivity contribution in [3.05, 3.63) is 42.5 Å². The third kappa shape index (κ3) is 3.65. The molecule has 0 unspecified atom stereocenters. The molecule has 22 heavy (non-hydrogen) atoms. The van der Waals surface area contributed by atoms with Gasteiger partial charge in [0.25, 0.3) is 0 Å². The summed E-state index contributed by atoms with van der Waals surface area (Å²) in [6.07, 6.45) is 4.16. The van der Waals surface area contributed by atoms with Crippen molar-refractivity contribution in [3.8, 4) is 5.75 Å². The first-order chi connectivity index (χ1) is 10.9. The summed E-state index contributed by atoms with van der Waals surface area (Å²) in [5, 5.41) is 8.36. The standard InChI is InChI=1S/C17H24N4O/c1-2-21-14-18-19-17(21)15-8-10-20(11-9-15)12-13-22-16-6-4-3-5-7-16/h3-7,14-15H,2,8-13H2,1H3. The topological polar surface area (TPSA) is 43.2 Å². The van der Waals surface area contributed by atoms with Crippen LogP contribution in [0.4, 0.5) is 0 Å². The van der Waals surface area contributed by atoms with Crippen LogP contribution in [0.1, 0.15) is 31.5 Å². The number of aryl methyl sites for hydroxylation is 1. The highest BCUT2D eigenvalue weighted by molar-refractivity contribution is 5.20. The molecule has 0 bridgehead atoms. The number of nitrogens with zero attached hydrogens (tertiary/aromatic N) is 4. The van der Waals surface area contributed by atoms with Crippen molar-refractivity contribution in [2.24, 2.45) is 0 Å². The predicted octanol–water partition coefficient (Wildman–Crippen LogP) is 2.56. The van der Waals surface area contributed by atoms with Crippen LogP contribution >= 0.6 is 0 Å². The number of piperidine rings is 1. The van der Waals surface area contributed by atoms with Crippen molar-refractivity contribution in [2.45, 2.75) is 32.2 Å². The summed E-state index contributed by atoms with van der Waals surface area (Å²) in [7, 11) is 0. The van der Waals surface area contributed by atoms with Crippen molar-refractivity contribution in [3.63, 3.8) is 0 Å². The maximum Gasteiger partial charge on any atom is 0.135 e. The van der Waals surface area contributed by atoms with Crippen LogP contribution in [0.5, 0.6) is 5.75 Å². The van der Waals surface area contributed by atoms with Crippen LogP contribution in [0, 0.1) is 0 Å². The van der Waals surface area contributed by atoms with Gasteiger partial charge in [0.1, 0.15) is 24.5 Å². The molecule has 118 valence electrons. The van der Waals surface area contributed by atoms with E-state index in [0.29, 0.717) is 5.92 Å². The Bertz CT molecular complexity index is 561. The van der Waals surface area contributed by atoms with Crippen molar-refractivity contribution < 1.29 is 4.74 Å². The van der Waals surface area contributed by atoms with E-state index in [-0.39, 0.29) is 0 Å². The SMILES string of the molecule is CCn1cnnc1C1CCN(CCOc2ccccc2)CC1. The maximum absolute atomic E-state index is 5.78. The Kier molecular flexibility index (Phi) is 5.06. The number of likely N-dealkylation sites (tertiary alicyclic amines) is 1. The third-order valence-electron chi connectivity index (χ3n) is 4.36. The Hall–Kier alpha value is -1.88. The Morgan fingerprint density at radius 1 is 1.18 bits per heavy atom. The van der Waals surface area contributed by atoms with Gasteiger partial charge >= 0.3 is 0 Å². The van der Waals surface area contributed by atoms with Crippen LogP contribution in [0.2, 0.25) is 0 Å². The summed E-state index contributed by atoms with van der Waals surface area (Å²) in [6.45, 7) is 7.05. The van der Waals surface area contributed by atoms with E-state index in [1.165, 1.54) is 0 Å². The Labute approximate surface area is 131 Å². The van der Waals surface area contributed by atoms with Gasteiger partial charge in [0.2, 0.25) is 0 Å². The van der Waals surface area contributed by atoms with Gasteiger partial charge in [-0.2, -0.15) is 0 Å². The van der Waals surface area contributed by atoms with Crippen molar-refractivity contribution in [1.82, 2.24) is 19.7 Å². The summed E-state index contributed by atoms with van der Waals surface area (Å²) in [6, 6.07) is 10.0. The number of rotatable bonds is 6. The lowest BCUT2D eigenvalue weighted by Crippen LogP contribution is -2.36. The highest BCUT2D eigenvalue weighted by atomic mass is 16.5. The van der Waals surface area contributed by atoms with Gasteiger partial charge in [0, 0.05) is 19.0 Å². The first-order valence-corrected chi connectivity index (χ1v) is 8.14. The molecule has 3 rings (SSSR count). The van der Waals surface area contributed by atoms with E-state index in [1.54, 1.807) is 0 Å². The summed E-state index contributed by atoms with van der Waals surface area (Å²) < 4.78 is 7.94. The summed E-state index contributed by atoms with van der Waals surface area (Å²) in [5.41, 5.74) is 0. The molecule has 1 aliphatic heterocycles. The van der Waals surface area contributed by atoms with E-state index in [0.717, 1.165) is 57.2 Å². The van der Waals surface area contributed by atoms with Gasteiger partial charge in [-0.15, -0.1) is 10.2 Å². The molecule has 2 aromatic rings. The van der Waals surface area contributed by atoms with Crippen LogP contribution < -0.4 is 4.74 Å². The van der Waals surface area contributed by atoms with Crippen molar-refractivity contribution in [2.75, 3.05) is 26.2 Å². The minimum atomic E-state index is 0.550. The lowest BCUT2D eigenvalue weighted by molar-refractivity contribution is 0.170. The van der Waals surface area contributed by atoms with Gasteiger partial charge in [0.05, 0.1) is 0 Å². The molecule has 1 saturated heterocycles. The Balaban J connectivity index is 1.42. The maximum atomic E-state index is 5.78. The number of ether oxygens (including phenoxy) is 1. The van der Waals surface area contributed by atoms with Crippen LogP contribution in [0.15, 0.2) is 36.7 Å². The van der Waals surface area contributed by atoms with E-state index in [1.807, 2.05) is 36.7 Å². The minimum Gasteiger partial charge on any atom is -0.492 e. The van der Waals surface area contributed by atoms with E-state index in [4.69, 9.17) is 4.74 Å². The number of hydrogen-bond donors (Lipinski definition) is 0. The number of aromatic nitrogens is 3. The third-order valence-corrected chi connectivity index (χ3v) is 4.36. The summed E-state index contributed by atoms with van der Waals surface area (Å²) >= 11 is 0.